The van der Waals surface area contributed by atoms with Crippen molar-refractivity contribution in [2.75, 3.05) is 13.7 Å². The number of thiophene rings is 1. The van der Waals surface area contributed by atoms with Gasteiger partial charge in [-0.15, -0.1) is 23.7 Å². The monoisotopic (exact) mass is 418 g/mol. The topological polar surface area (TPSA) is 98.5 Å². The van der Waals surface area contributed by atoms with Crippen molar-refractivity contribution in [3.05, 3.63) is 29.1 Å². The highest BCUT2D eigenvalue weighted by Crippen LogP contribution is 2.36. The number of sulfonamides is 1. The van der Waals surface area contributed by atoms with Gasteiger partial charge in [0.15, 0.2) is 0 Å². The van der Waals surface area contributed by atoms with Crippen molar-refractivity contribution < 1.29 is 17.9 Å². The summed E-state index contributed by atoms with van der Waals surface area (Å²) in [5.41, 5.74) is 5.81. The Bertz CT molecular complexity index is 882. The minimum Gasteiger partial charge on any atom is -0.465 e. The summed E-state index contributed by atoms with van der Waals surface area (Å²) in [5, 5.41) is 0.542. The molecule has 3 rings (SSSR count). The SMILES string of the molecule is COC(=O)c1sc2ccccc2c1S(=O)(=O)NC1CCCCC1CN.Cl. The number of fused-ring (bicyclic) bond motifs is 1. The zero-order valence-electron chi connectivity index (χ0n) is 14.4. The second-order valence-electron chi connectivity index (χ2n) is 6.26. The second-order valence-corrected chi connectivity index (χ2v) is 8.96. The highest BCUT2D eigenvalue weighted by Gasteiger charge is 2.33. The number of nitrogens with one attached hydrogen (secondary N) is 1. The molecule has 0 saturated heterocycles. The Labute approximate surface area is 163 Å². The first-order valence-electron chi connectivity index (χ1n) is 8.30. The molecule has 1 aromatic heterocycles. The minimum atomic E-state index is -3.87. The summed E-state index contributed by atoms with van der Waals surface area (Å²) in [6, 6.07) is 6.89. The van der Waals surface area contributed by atoms with Crippen molar-refractivity contribution >= 4 is 49.8 Å². The van der Waals surface area contributed by atoms with E-state index in [9.17, 15) is 13.2 Å². The third kappa shape index (κ3) is 4.04. The van der Waals surface area contributed by atoms with Gasteiger partial charge in [0.2, 0.25) is 10.0 Å². The molecule has 1 fully saturated rings. The molecule has 2 unspecified atom stereocenters. The van der Waals surface area contributed by atoms with Gasteiger partial charge in [-0.25, -0.2) is 17.9 Å². The van der Waals surface area contributed by atoms with Crippen LogP contribution in [0.5, 0.6) is 0 Å². The molecular weight excluding hydrogens is 396 g/mol. The Hall–Kier alpha value is -1.19. The van der Waals surface area contributed by atoms with Crippen molar-refractivity contribution in [3.63, 3.8) is 0 Å². The standard InChI is InChI=1S/C17H22N2O4S2.ClH/c1-23-17(20)15-16(12-7-3-5-9-14(12)24-15)25(21,22)19-13-8-4-2-6-11(13)10-18;/h3,5,7,9,11,13,19H,2,4,6,8,10,18H2,1H3;1H. The average Bonchev–Trinajstić information content (AvgIpc) is 3.01. The maximum Gasteiger partial charge on any atom is 0.349 e. The molecule has 6 nitrogen and oxygen atoms in total. The molecule has 144 valence electrons. The van der Waals surface area contributed by atoms with Crippen LogP contribution in [-0.4, -0.2) is 34.1 Å². The summed E-state index contributed by atoms with van der Waals surface area (Å²) in [4.78, 5) is 12.3. The lowest BCUT2D eigenvalue weighted by atomic mass is 9.85. The van der Waals surface area contributed by atoms with Crippen molar-refractivity contribution in [3.8, 4) is 0 Å². The summed E-state index contributed by atoms with van der Waals surface area (Å²) >= 11 is 1.13. The van der Waals surface area contributed by atoms with Crippen molar-refractivity contribution in [2.24, 2.45) is 11.7 Å². The van der Waals surface area contributed by atoms with E-state index in [0.717, 1.165) is 41.7 Å². The Morgan fingerprint density at radius 2 is 2.00 bits per heavy atom. The normalized spacial score (nSPS) is 20.5. The molecular formula is C17H23ClN2O4S2. The van der Waals surface area contributed by atoms with Crippen LogP contribution in [0.15, 0.2) is 29.2 Å². The molecule has 1 aromatic carbocycles. The van der Waals surface area contributed by atoms with E-state index < -0.39 is 16.0 Å². The van der Waals surface area contributed by atoms with Gasteiger partial charge < -0.3 is 10.5 Å². The number of carbonyl (C=O) groups is 1. The number of carbonyl (C=O) groups excluding carboxylic acids is 1. The van der Waals surface area contributed by atoms with Gasteiger partial charge in [0.1, 0.15) is 9.77 Å². The number of hydrogen-bond acceptors (Lipinski definition) is 6. The number of ether oxygens (including phenoxy) is 1. The Balaban J connectivity index is 0.00000243. The van der Waals surface area contributed by atoms with Gasteiger partial charge in [-0.1, -0.05) is 31.0 Å². The fourth-order valence-corrected chi connectivity index (χ4v) is 6.58. The molecule has 1 aliphatic rings. The third-order valence-electron chi connectivity index (χ3n) is 4.71. The summed E-state index contributed by atoms with van der Waals surface area (Å²) in [7, 11) is -2.62. The maximum absolute atomic E-state index is 13.1. The number of rotatable bonds is 5. The largest absolute Gasteiger partial charge is 0.465 e. The van der Waals surface area contributed by atoms with Gasteiger partial charge in [-0.05, 0) is 31.4 Å². The molecule has 3 N–H and O–H groups in total. The zero-order chi connectivity index (χ0) is 18.0. The number of methoxy groups -OCH3 is 1. The van der Waals surface area contributed by atoms with Gasteiger partial charge in [-0.3, -0.25) is 0 Å². The Morgan fingerprint density at radius 1 is 1.31 bits per heavy atom. The lowest BCUT2D eigenvalue weighted by Crippen LogP contribution is -2.44. The molecule has 0 spiro atoms. The van der Waals surface area contributed by atoms with Gasteiger partial charge in [0.25, 0.3) is 0 Å². The highest BCUT2D eigenvalue weighted by molar-refractivity contribution is 7.90. The lowest BCUT2D eigenvalue weighted by Gasteiger charge is -2.31. The number of nitrogens with two attached hydrogens (primary N) is 1. The van der Waals surface area contributed by atoms with Crippen LogP contribution < -0.4 is 10.5 Å². The van der Waals surface area contributed by atoms with Crippen LogP contribution in [0.1, 0.15) is 35.4 Å². The zero-order valence-corrected chi connectivity index (χ0v) is 16.9. The van der Waals surface area contributed by atoms with Crippen LogP contribution in [0, 0.1) is 5.92 Å². The first kappa shape index (κ1) is 21.1. The molecule has 2 aromatic rings. The van der Waals surface area contributed by atoms with E-state index in [2.05, 4.69) is 4.72 Å². The van der Waals surface area contributed by atoms with Crippen molar-refractivity contribution in [2.45, 2.75) is 36.6 Å². The number of hydrogen-bond donors (Lipinski definition) is 2. The van der Waals surface area contributed by atoms with Crippen LogP contribution >= 0.6 is 23.7 Å². The summed E-state index contributed by atoms with van der Waals surface area (Å²) in [6.45, 7) is 0.446. The molecule has 1 heterocycles. The van der Waals surface area contributed by atoms with Gasteiger partial charge in [0.05, 0.1) is 7.11 Å². The van der Waals surface area contributed by atoms with Gasteiger partial charge in [0, 0.05) is 16.1 Å². The van der Waals surface area contributed by atoms with E-state index in [4.69, 9.17) is 10.5 Å². The second kappa shape index (κ2) is 8.67. The molecule has 9 heteroatoms. The van der Waals surface area contributed by atoms with Crippen LogP contribution in [0.2, 0.25) is 0 Å². The van der Waals surface area contributed by atoms with E-state index in [1.807, 2.05) is 6.07 Å². The molecule has 0 aliphatic heterocycles. The van der Waals surface area contributed by atoms with E-state index >= 15 is 0 Å². The number of esters is 1. The van der Waals surface area contributed by atoms with E-state index in [-0.39, 0.29) is 34.1 Å². The van der Waals surface area contributed by atoms with Gasteiger partial charge in [-0.2, -0.15) is 0 Å². The minimum absolute atomic E-state index is 0. The molecule has 0 amide bonds. The quantitative estimate of drug-likeness (QED) is 0.727. The van der Waals surface area contributed by atoms with Gasteiger partial charge >= 0.3 is 5.97 Å². The van der Waals surface area contributed by atoms with E-state index in [1.165, 1.54) is 7.11 Å². The Morgan fingerprint density at radius 3 is 2.69 bits per heavy atom. The highest BCUT2D eigenvalue weighted by atomic mass is 35.5. The smallest absolute Gasteiger partial charge is 0.349 e. The fraction of sp³-hybridized carbons (Fsp3) is 0.471. The third-order valence-corrected chi connectivity index (χ3v) is 7.56. The summed E-state index contributed by atoms with van der Waals surface area (Å²) in [6.07, 6.45) is 3.71. The Kier molecular flexibility index (Phi) is 7.04. The van der Waals surface area contributed by atoms with Crippen LogP contribution in [0.25, 0.3) is 10.1 Å². The number of halogens is 1. The summed E-state index contributed by atoms with van der Waals surface area (Å²) < 4.78 is 34.6. The first-order valence-corrected chi connectivity index (χ1v) is 10.6. The maximum atomic E-state index is 13.1. The predicted octanol–water partition coefficient (Wildman–Crippen LogP) is 2.91. The molecule has 1 saturated carbocycles. The van der Waals surface area contributed by atoms with Crippen LogP contribution in [0.4, 0.5) is 0 Å². The van der Waals surface area contributed by atoms with Crippen molar-refractivity contribution in [1.29, 1.82) is 0 Å². The molecule has 1 aliphatic carbocycles. The number of benzene rings is 1. The van der Waals surface area contributed by atoms with Crippen LogP contribution in [-0.2, 0) is 14.8 Å². The fourth-order valence-electron chi connectivity index (χ4n) is 3.42. The molecule has 0 radical (unpaired) electrons. The summed E-state index contributed by atoms with van der Waals surface area (Å²) in [5.74, 6) is -0.518. The van der Waals surface area contributed by atoms with Crippen LogP contribution in [0.3, 0.4) is 0 Å². The first-order chi connectivity index (χ1) is 12.0. The van der Waals surface area contributed by atoms with E-state index in [0.29, 0.717) is 11.9 Å². The molecule has 2 atom stereocenters. The average molecular weight is 419 g/mol. The molecule has 26 heavy (non-hydrogen) atoms. The predicted molar refractivity (Wildman–Crippen MR) is 106 cm³/mol. The van der Waals surface area contributed by atoms with Crippen molar-refractivity contribution in [1.82, 2.24) is 4.72 Å². The molecule has 0 bridgehead atoms. The van der Waals surface area contributed by atoms with E-state index in [1.54, 1.807) is 18.2 Å². The lowest BCUT2D eigenvalue weighted by molar-refractivity contribution is 0.0602.